The van der Waals surface area contributed by atoms with Gasteiger partial charge in [-0.25, -0.2) is 4.99 Å². The molecule has 3 heterocycles. The quantitative estimate of drug-likeness (QED) is 0.643. The monoisotopic (exact) mass is 393 g/mol. The van der Waals surface area contributed by atoms with Crippen molar-refractivity contribution >= 4 is 22.5 Å². The maximum absolute atomic E-state index is 12.9. The minimum atomic E-state index is -3.46. The molecule has 0 spiro atoms. The number of carbonyl (C=O) groups is 1. The van der Waals surface area contributed by atoms with Gasteiger partial charge >= 0.3 is 0 Å². The second kappa shape index (κ2) is 8.81. The van der Waals surface area contributed by atoms with Gasteiger partial charge in [-0.2, -0.15) is 17.0 Å². The molecule has 148 valence electrons. The molecule has 0 saturated carbocycles. The summed E-state index contributed by atoms with van der Waals surface area (Å²) in [4.78, 5) is 19.5. The molecule has 2 saturated heterocycles. The zero-order valence-corrected chi connectivity index (χ0v) is 16.3. The van der Waals surface area contributed by atoms with Crippen LogP contribution in [0.1, 0.15) is 12.8 Å². The Bertz CT molecular complexity index is 714. The molecule has 0 radical (unpaired) electrons. The Hall–Kier alpha value is -1.97. The number of allylic oxidation sites excluding steroid dienone is 2. The van der Waals surface area contributed by atoms with Crippen LogP contribution in [0.5, 0.6) is 0 Å². The lowest BCUT2D eigenvalue weighted by molar-refractivity contribution is -0.127. The summed E-state index contributed by atoms with van der Waals surface area (Å²) in [5.41, 5.74) is 0. The highest BCUT2D eigenvalue weighted by molar-refractivity contribution is 7.86. The highest BCUT2D eigenvalue weighted by atomic mass is 32.2. The molecule has 2 fully saturated rings. The normalized spacial score (nSPS) is 22.8. The van der Waals surface area contributed by atoms with E-state index in [1.807, 2.05) is 23.3 Å². The number of piperazine rings is 1. The van der Waals surface area contributed by atoms with E-state index in [4.69, 9.17) is 0 Å². The number of piperidine rings is 1. The van der Waals surface area contributed by atoms with Crippen molar-refractivity contribution < 1.29 is 13.2 Å². The Morgan fingerprint density at radius 2 is 1.74 bits per heavy atom. The first-order valence-corrected chi connectivity index (χ1v) is 10.7. The van der Waals surface area contributed by atoms with Gasteiger partial charge in [-0.05, 0) is 37.0 Å². The van der Waals surface area contributed by atoms with Gasteiger partial charge in [0.15, 0.2) is 0 Å². The Morgan fingerprint density at radius 1 is 1.07 bits per heavy atom. The van der Waals surface area contributed by atoms with E-state index in [1.54, 1.807) is 21.7 Å². The van der Waals surface area contributed by atoms with Gasteiger partial charge in [0, 0.05) is 58.2 Å². The summed E-state index contributed by atoms with van der Waals surface area (Å²) >= 11 is 0. The molecule has 27 heavy (non-hydrogen) atoms. The molecule has 0 unspecified atom stereocenters. The largest absolute Gasteiger partial charge is 0.339 e. The number of nitrogens with zero attached hydrogens (tertiary/aromatic N) is 5. The molecule has 9 heteroatoms. The molecule has 0 atom stereocenters. The molecule has 1 amide bonds. The Kier molecular flexibility index (Phi) is 6.46. The maximum Gasteiger partial charge on any atom is 0.282 e. The van der Waals surface area contributed by atoms with Crippen LogP contribution in [0.3, 0.4) is 0 Å². The summed E-state index contributed by atoms with van der Waals surface area (Å²) in [6, 6.07) is 0. The third-order valence-corrected chi connectivity index (χ3v) is 7.23. The summed E-state index contributed by atoms with van der Waals surface area (Å²) in [7, 11) is -3.46. The van der Waals surface area contributed by atoms with Crippen LogP contribution >= 0.6 is 0 Å². The van der Waals surface area contributed by atoms with Crippen molar-refractivity contribution in [3.8, 4) is 0 Å². The van der Waals surface area contributed by atoms with Gasteiger partial charge in [-0.1, -0.05) is 6.58 Å². The minimum absolute atomic E-state index is 0.144. The Balaban J connectivity index is 1.50. The lowest BCUT2D eigenvalue weighted by Crippen LogP contribution is -2.55. The van der Waals surface area contributed by atoms with Gasteiger partial charge in [0.1, 0.15) is 0 Å². The molecular formula is C18H27N5O3S. The molecular weight excluding hydrogens is 366 g/mol. The third kappa shape index (κ3) is 4.85. The Morgan fingerprint density at radius 3 is 2.41 bits per heavy atom. The summed E-state index contributed by atoms with van der Waals surface area (Å²) in [6.07, 6.45) is 12.3. The summed E-state index contributed by atoms with van der Waals surface area (Å²) in [5.74, 6) is 0.293. The molecule has 0 aromatic carbocycles. The predicted octanol–water partition coefficient (Wildman–Crippen LogP) is 0.645. The molecule has 3 aliphatic heterocycles. The van der Waals surface area contributed by atoms with Crippen LogP contribution < -0.4 is 0 Å². The van der Waals surface area contributed by atoms with E-state index in [9.17, 15) is 13.2 Å². The highest BCUT2D eigenvalue weighted by Gasteiger charge is 2.35. The third-order valence-electron chi connectivity index (χ3n) is 5.20. The van der Waals surface area contributed by atoms with E-state index in [2.05, 4.69) is 11.6 Å². The van der Waals surface area contributed by atoms with Crippen LogP contribution in [0.15, 0.2) is 42.2 Å². The van der Waals surface area contributed by atoms with Crippen molar-refractivity contribution in [2.24, 2.45) is 10.9 Å². The Labute approximate surface area is 161 Å². The molecule has 0 N–H and O–H groups in total. The van der Waals surface area contributed by atoms with E-state index in [-0.39, 0.29) is 5.91 Å². The molecule has 3 rings (SSSR count). The minimum Gasteiger partial charge on any atom is -0.339 e. The van der Waals surface area contributed by atoms with Gasteiger partial charge in [0.05, 0.1) is 6.34 Å². The predicted molar refractivity (Wildman–Crippen MR) is 105 cm³/mol. The van der Waals surface area contributed by atoms with Crippen molar-refractivity contribution in [1.29, 1.82) is 0 Å². The first kappa shape index (κ1) is 19.8. The number of hydrogen-bond donors (Lipinski definition) is 0. The summed E-state index contributed by atoms with van der Waals surface area (Å²) < 4.78 is 28.9. The molecule has 0 aliphatic carbocycles. The first-order valence-electron chi connectivity index (χ1n) is 9.29. The average molecular weight is 394 g/mol. The highest BCUT2D eigenvalue weighted by Crippen LogP contribution is 2.23. The fourth-order valence-corrected chi connectivity index (χ4v) is 5.21. The number of hydrogen-bond acceptors (Lipinski definition) is 5. The van der Waals surface area contributed by atoms with Gasteiger partial charge in [0.2, 0.25) is 5.91 Å². The van der Waals surface area contributed by atoms with Crippen molar-refractivity contribution in [2.45, 2.75) is 12.8 Å². The van der Waals surface area contributed by atoms with Gasteiger partial charge in [-0.15, -0.1) is 0 Å². The van der Waals surface area contributed by atoms with Crippen molar-refractivity contribution in [2.75, 3.05) is 45.8 Å². The average Bonchev–Trinajstić information content (AvgIpc) is 2.96. The first-order chi connectivity index (χ1) is 13.0. The number of carbonyl (C=O) groups excluding carboxylic acids is 1. The zero-order chi connectivity index (χ0) is 19.3. The van der Waals surface area contributed by atoms with E-state index < -0.39 is 10.2 Å². The van der Waals surface area contributed by atoms with Crippen molar-refractivity contribution in [1.82, 2.24) is 18.4 Å². The molecule has 3 aliphatic rings. The van der Waals surface area contributed by atoms with Gasteiger partial charge < -0.3 is 9.80 Å². The number of rotatable bonds is 5. The standard InChI is InChI=1S/C18H27N5O3S/c1-2-18(24)21-11-13-23(14-12-21)27(25,26)22-9-5-17(6-10-22)15-20-8-4-3-7-19-16-20/h2-4,7-8,16-17H,1,5-6,9-15H2. The van der Waals surface area contributed by atoms with Crippen LogP contribution in [0.2, 0.25) is 0 Å². The second-order valence-electron chi connectivity index (χ2n) is 6.92. The van der Waals surface area contributed by atoms with Crippen LogP contribution in [-0.4, -0.2) is 84.9 Å². The molecule has 0 aromatic rings. The van der Waals surface area contributed by atoms with E-state index in [0.717, 1.165) is 19.4 Å². The lowest BCUT2D eigenvalue weighted by Gasteiger charge is -2.39. The molecule has 0 aromatic heterocycles. The van der Waals surface area contributed by atoms with Crippen LogP contribution in [0.25, 0.3) is 0 Å². The molecule has 0 bridgehead atoms. The molecule has 8 nitrogen and oxygen atoms in total. The van der Waals surface area contributed by atoms with Crippen molar-refractivity contribution in [3.05, 3.63) is 37.2 Å². The van der Waals surface area contributed by atoms with E-state index in [1.165, 1.54) is 10.4 Å². The fraction of sp³-hybridized carbons (Fsp3) is 0.556. The topological polar surface area (TPSA) is 76.5 Å². The zero-order valence-electron chi connectivity index (χ0n) is 15.5. The smallest absolute Gasteiger partial charge is 0.282 e. The van der Waals surface area contributed by atoms with Gasteiger partial charge in [-0.3, -0.25) is 4.79 Å². The van der Waals surface area contributed by atoms with E-state index >= 15 is 0 Å². The SMILES string of the molecule is C=CC(=O)N1CCN(S(=O)(=O)N2CCC(CN3C=CC=CN=C3)CC2)CC1. The number of aliphatic imine (C=N–C) groups is 1. The van der Waals surface area contributed by atoms with Crippen LogP contribution in [-0.2, 0) is 15.0 Å². The van der Waals surface area contributed by atoms with Gasteiger partial charge in [0.25, 0.3) is 10.2 Å². The van der Waals surface area contributed by atoms with E-state index in [0.29, 0.717) is 45.2 Å². The second-order valence-corrected chi connectivity index (χ2v) is 8.85. The summed E-state index contributed by atoms with van der Waals surface area (Å²) in [5, 5.41) is 0. The van der Waals surface area contributed by atoms with Crippen LogP contribution in [0, 0.1) is 5.92 Å². The summed E-state index contributed by atoms with van der Waals surface area (Å²) in [6.45, 7) is 6.89. The number of amides is 1. The van der Waals surface area contributed by atoms with Crippen molar-refractivity contribution in [3.63, 3.8) is 0 Å². The lowest BCUT2D eigenvalue weighted by atomic mass is 9.98. The fourth-order valence-electron chi connectivity index (χ4n) is 3.58. The van der Waals surface area contributed by atoms with Crippen LogP contribution in [0.4, 0.5) is 0 Å². The maximum atomic E-state index is 12.9.